The molecule has 1 fully saturated rings. The van der Waals surface area contributed by atoms with Crippen LogP contribution in [0.3, 0.4) is 0 Å². The number of nitro groups is 1. The van der Waals surface area contributed by atoms with E-state index in [0.29, 0.717) is 16.6 Å². The zero-order valence-electron chi connectivity index (χ0n) is 16.7. The van der Waals surface area contributed by atoms with Crippen molar-refractivity contribution in [2.24, 2.45) is 4.99 Å². The normalized spacial score (nSPS) is 16.9. The van der Waals surface area contributed by atoms with Crippen molar-refractivity contribution in [1.82, 2.24) is 4.90 Å². The predicted octanol–water partition coefficient (Wildman–Crippen LogP) is 3.75. The number of anilines is 1. The number of ether oxygens (including phenoxy) is 1. The number of nitro benzene ring substituents is 1. The van der Waals surface area contributed by atoms with Crippen LogP contribution >= 0.6 is 11.8 Å². The average molecular weight is 440 g/mol. The smallest absolute Gasteiger partial charge is 0.296 e. The number of para-hydroxylation sites is 1. The second kappa shape index (κ2) is 9.90. The molecule has 2 aromatic carbocycles. The molecule has 1 aliphatic heterocycles. The number of amides is 2. The van der Waals surface area contributed by atoms with Gasteiger partial charge in [-0.3, -0.25) is 24.6 Å². The Morgan fingerprint density at radius 2 is 2.10 bits per heavy atom. The number of methoxy groups -OCH3 is 1. The summed E-state index contributed by atoms with van der Waals surface area (Å²) in [7, 11) is 1.39. The highest BCUT2D eigenvalue weighted by Crippen LogP contribution is 2.33. The summed E-state index contributed by atoms with van der Waals surface area (Å²) in [5.74, 6) is -0.481. The predicted molar refractivity (Wildman–Crippen MR) is 120 cm³/mol. The van der Waals surface area contributed by atoms with Gasteiger partial charge < -0.3 is 10.1 Å². The molecular weight excluding hydrogens is 420 g/mol. The molecule has 0 aliphatic carbocycles. The number of thioether (sulfide) groups is 1. The summed E-state index contributed by atoms with van der Waals surface area (Å²) in [6, 6.07) is 13.3. The maximum absolute atomic E-state index is 12.8. The topological polar surface area (TPSA) is 114 Å². The van der Waals surface area contributed by atoms with Gasteiger partial charge in [0.15, 0.2) is 5.17 Å². The molecule has 31 heavy (non-hydrogen) atoms. The maximum atomic E-state index is 12.8. The standard InChI is InChI=1S/C21H20N4O5S/c1-3-11-24-20(27)18(31-21(24)22-14-7-5-4-6-8-14)13-19(26)23-16-10-9-15(30-2)12-17(16)25(28)29/h3-10,12,18H,1,11,13H2,2H3,(H,23,26)/t18-/m0/s1. The molecule has 1 heterocycles. The van der Waals surface area contributed by atoms with Crippen LogP contribution in [0, 0.1) is 10.1 Å². The number of carbonyl (C=O) groups is 2. The van der Waals surface area contributed by atoms with E-state index in [2.05, 4.69) is 16.9 Å². The summed E-state index contributed by atoms with van der Waals surface area (Å²) < 4.78 is 4.99. The number of nitrogens with one attached hydrogen (secondary N) is 1. The number of rotatable bonds is 8. The van der Waals surface area contributed by atoms with E-state index in [1.54, 1.807) is 6.08 Å². The molecule has 0 spiro atoms. The number of carbonyl (C=O) groups excluding carboxylic acids is 2. The largest absolute Gasteiger partial charge is 0.496 e. The van der Waals surface area contributed by atoms with Crippen molar-refractivity contribution in [3.8, 4) is 5.75 Å². The molecule has 0 saturated carbocycles. The van der Waals surface area contributed by atoms with E-state index in [1.165, 1.54) is 42.0 Å². The molecule has 2 aromatic rings. The van der Waals surface area contributed by atoms with Crippen LogP contribution in [0.25, 0.3) is 0 Å². The van der Waals surface area contributed by atoms with E-state index in [9.17, 15) is 19.7 Å². The number of amidine groups is 1. The molecule has 1 saturated heterocycles. The summed E-state index contributed by atoms with van der Waals surface area (Å²) in [6.07, 6.45) is 1.43. The van der Waals surface area contributed by atoms with Gasteiger partial charge in [-0.05, 0) is 24.3 Å². The fourth-order valence-corrected chi connectivity index (χ4v) is 4.07. The van der Waals surface area contributed by atoms with Crippen LogP contribution in [-0.2, 0) is 9.59 Å². The highest BCUT2D eigenvalue weighted by Gasteiger charge is 2.38. The Labute approximate surface area is 182 Å². The van der Waals surface area contributed by atoms with Gasteiger partial charge in [-0.1, -0.05) is 36.0 Å². The summed E-state index contributed by atoms with van der Waals surface area (Å²) in [6.45, 7) is 3.93. The molecule has 1 aliphatic rings. The van der Waals surface area contributed by atoms with Crippen molar-refractivity contribution in [1.29, 1.82) is 0 Å². The minimum absolute atomic E-state index is 0.0346. The first-order valence-corrected chi connectivity index (χ1v) is 10.2. The third-order valence-corrected chi connectivity index (χ3v) is 5.53. The summed E-state index contributed by atoms with van der Waals surface area (Å²) >= 11 is 1.18. The van der Waals surface area contributed by atoms with Crippen LogP contribution in [0.4, 0.5) is 17.1 Å². The lowest BCUT2D eigenvalue weighted by atomic mass is 10.2. The van der Waals surface area contributed by atoms with Gasteiger partial charge in [0.2, 0.25) is 11.8 Å². The minimum Gasteiger partial charge on any atom is -0.496 e. The van der Waals surface area contributed by atoms with Crippen LogP contribution in [0.15, 0.2) is 66.2 Å². The van der Waals surface area contributed by atoms with Gasteiger partial charge in [-0.2, -0.15) is 0 Å². The van der Waals surface area contributed by atoms with Crippen LogP contribution < -0.4 is 10.1 Å². The fourth-order valence-electron chi connectivity index (χ4n) is 2.90. The zero-order chi connectivity index (χ0) is 22.4. The third-order valence-electron chi connectivity index (χ3n) is 4.36. The number of benzene rings is 2. The van der Waals surface area contributed by atoms with Crippen molar-refractivity contribution in [2.75, 3.05) is 19.0 Å². The van der Waals surface area contributed by atoms with Crippen LogP contribution in [0.2, 0.25) is 0 Å². The van der Waals surface area contributed by atoms with Crippen molar-refractivity contribution in [3.05, 3.63) is 71.3 Å². The average Bonchev–Trinajstić information content (AvgIpc) is 3.03. The number of hydrogen-bond acceptors (Lipinski definition) is 7. The fraction of sp³-hybridized carbons (Fsp3) is 0.190. The molecule has 10 heteroatoms. The molecule has 3 rings (SSSR count). The second-order valence-corrected chi connectivity index (χ2v) is 7.64. The van der Waals surface area contributed by atoms with Crippen molar-refractivity contribution >= 4 is 45.8 Å². The lowest BCUT2D eigenvalue weighted by Gasteiger charge is -2.13. The second-order valence-electron chi connectivity index (χ2n) is 6.47. The molecule has 2 amide bonds. The lowest BCUT2D eigenvalue weighted by molar-refractivity contribution is -0.384. The quantitative estimate of drug-likeness (QED) is 0.380. The minimum atomic E-state index is -0.695. The zero-order valence-corrected chi connectivity index (χ0v) is 17.5. The number of hydrogen-bond donors (Lipinski definition) is 1. The van der Waals surface area contributed by atoms with Crippen molar-refractivity contribution in [2.45, 2.75) is 11.7 Å². The third kappa shape index (κ3) is 5.28. The molecule has 0 bridgehead atoms. The lowest BCUT2D eigenvalue weighted by Crippen LogP contribution is -2.33. The SMILES string of the molecule is C=CCN1C(=O)[C@H](CC(=O)Nc2ccc(OC)cc2[N+](=O)[O-])SC1=Nc1ccccc1. The summed E-state index contributed by atoms with van der Waals surface area (Å²) in [5.41, 5.74) is 0.427. The van der Waals surface area contributed by atoms with Crippen LogP contribution in [0.5, 0.6) is 5.75 Å². The van der Waals surface area contributed by atoms with Crippen LogP contribution in [0.1, 0.15) is 6.42 Å². The molecule has 1 N–H and O–H groups in total. The van der Waals surface area contributed by atoms with Crippen molar-refractivity contribution < 1.29 is 19.2 Å². The van der Waals surface area contributed by atoms with E-state index in [0.717, 1.165) is 0 Å². The highest BCUT2D eigenvalue weighted by molar-refractivity contribution is 8.15. The highest BCUT2D eigenvalue weighted by atomic mass is 32.2. The van der Waals surface area contributed by atoms with Gasteiger partial charge in [0, 0.05) is 13.0 Å². The van der Waals surface area contributed by atoms with Gasteiger partial charge in [-0.15, -0.1) is 6.58 Å². The van der Waals surface area contributed by atoms with E-state index in [4.69, 9.17) is 4.74 Å². The molecule has 1 atom stereocenters. The van der Waals surface area contributed by atoms with E-state index in [1.807, 2.05) is 30.3 Å². The molecule has 160 valence electrons. The monoisotopic (exact) mass is 440 g/mol. The van der Waals surface area contributed by atoms with E-state index in [-0.39, 0.29) is 30.2 Å². The van der Waals surface area contributed by atoms with Gasteiger partial charge in [-0.25, -0.2) is 4.99 Å². The Hall–Kier alpha value is -3.66. The van der Waals surface area contributed by atoms with Gasteiger partial charge in [0.1, 0.15) is 16.7 Å². The Balaban J connectivity index is 1.76. The summed E-state index contributed by atoms with van der Waals surface area (Å²) in [4.78, 5) is 42.1. The Morgan fingerprint density at radius 1 is 1.35 bits per heavy atom. The molecule has 9 nitrogen and oxygen atoms in total. The Kier molecular flexibility index (Phi) is 7.03. The first-order chi connectivity index (χ1) is 14.9. The van der Waals surface area contributed by atoms with Crippen LogP contribution in [-0.4, -0.2) is 45.7 Å². The number of nitrogens with zero attached hydrogens (tertiary/aromatic N) is 3. The maximum Gasteiger partial charge on any atom is 0.296 e. The molecular formula is C21H20N4O5S. The van der Waals surface area contributed by atoms with E-state index < -0.39 is 16.1 Å². The number of aliphatic imine (C=N–C) groups is 1. The molecule has 0 unspecified atom stereocenters. The first kappa shape index (κ1) is 22.0. The van der Waals surface area contributed by atoms with Gasteiger partial charge in [0.05, 0.1) is 23.8 Å². The Bertz CT molecular complexity index is 1040. The Morgan fingerprint density at radius 3 is 2.74 bits per heavy atom. The molecule has 0 radical (unpaired) electrons. The van der Waals surface area contributed by atoms with Gasteiger partial charge >= 0.3 is 0 Å². The van der Waals surface area contributed by atoms with E-state index >= 15 is 0 Å². The van der Waals surface area contributed by atoms with Crippen molar-refractivity contribution in [3.63, 3.8) is 0 Å². The summed E-state index contributed by atoms with van der Waals surface area (Å²) in [5, 5.41) is 13.6. The molecule has 0 aromatic heterocycles. The first-order valence-electron chi connectivity index (χ1n) is 9.28. The van der Waals surface area contributed by atoms with Gasteiger partial charge in [0.25, 0.3) is 5.69 Å².